The molecule has 6 rings (SSSR count). The van der Waals surface area contributed by atoms with Gasteiger partial charge in [-0.3, -0.25) is 24.2 Å². The van der Waals surface area contributed by atoms with Crippen LogP contribution in [0, 0.1) is 11.7 Å². The summed E-state index contributed by atoms with van der Waals surface area (Å²) in [6, 6.07) is 7.32. The number of halogens is 3. The van der Waals surface area contributed by atoms with E-state index < -0.39 is 17.4 Å². The Labute approximate surface area is 242 Å². The Balaban J connectivity index is 1.44. The summed E-state index contributed by atoms with van der Waals surface area (Å²) in [5.74, 6) is -1.14. The highest BCUT2D eigenvalue weighted by molar-refractivity contribution is 6.31. The number of carbonyl (C=O) groups is 1. The highest BCUT2D eigenvalue weighted by Crippen LogP contribution is 2.34. The van der Waals surface area contributed by atoms with Crippen molar-refractivity contribution in [1.82, 2.24) is 39.7 Å². The average molecular weight is 594 g/mol. The molecule has 0 saturated heterocycles. The van der Waals surface area contributed by atoms with Gasteiger partial charge in [0.25, 0.3) is 5.56 Å². The molecular formula is C27H22Cl2FN9O2. The Bertz CT molecular complexity index is 1830. The maximum Gasteiger partial charge on any atom is 0.254 e. The van der Waals surface area contributed by atoms with Gasteiger partial charge in [0.2, 0.25) is 5.91 Å². The number of amides is 1. The first-order valence-corrected chi connectivity index (χ1v) is 13.5. The van der Waals surface area contributed by atoms with Gasteiger partial charge in [0.1, 0.15) is 0 Å². The summed E-state index contributed by atoms with van der Waals surface area (Å²) in [6.07, 6.45) is 7.72. The SMILES string of the molecule is C[C@@H]1CCC[C@H](n2cnc(-c3c(-n4cc(Cl)nn4)ccc(Cl)c3F)cc2=O)c2cc(ccn2)-c2[nH]ncc2NC1=O. The number of hydrogen-bond acceptors (Lipinski definition) is 7. The van der Waals surface area contributed by atoms with E-state index in [1.54, 1.807) is 24.5 Å². The molecule has 41 heavy (non-hydrogen) atoms. The monoisotopic (exact) mass is 593 g/mol. The molecule has 0 spiro atoms. The highest BCUT2D eigenvalue weighted by Gasteiger charge is 2.24. The van der Waals surface area contributed by atoms with Crippen molar-refractivity contribution in [1.29, 1.82) is 0 Å². The van der Waals surface area contributed by atoms with Gasteiger partial charge < -0.3 is 5.32 Å². The van der Waals surface area contributed by atoms with Gasteiger partial charge in [-0.05, 0) is 37.1 Å². The fraction of sp³-hybridized carbons (Fsp3) is 0.222. The van der Waals surface area contributed by atoms with Crippen molar-refractivity contribution in [3.63, 3.8) is 0 Å². The van der Waals surface area contributed by atoms with E-state index in [1.165, 1.54) is 33.9 Å². The first-order valence-electron chi connectivity index (χ1n) is 12.8. The van der Waals surface area contributed by atoms with Crippen LogP contribution in [0.3, 0.4) is 0 Å². The van der Waals surface area contributed by atoms with Gasteiger partial charge >= 0.3 is 0 Å². The smallest absolute Gasteiger partial charge is 0.254 e. The first-order chi connectivity index (χ1) is 19.8. The molecule has 1 amide bonds. The fourth-order valence-corrected chi connectivity index (χ4v) is 5.22. The summed E-state index contributed by atoms with van der Waals surface area (Å²) in [7, 11) is 0. The number of rotatable bonds is 3. The second-order valence-corrected chi connectivity index (χ2v) is 10.5. The fourth-order valence-electron chi connectivity index (χ4n) is 4.94. The normalized spacial score (nSPS) is 17.3. The summed E-state index contributed by atoms with van der Waals surface area (Å²) in [4.78, 5) is 35.4. The van der Waals surface area contributed by atoms with Crippen LogP contribution in [0.5, 0.6) is 0 Å². The van der Waals surface area contributed by atoms with Gasteiger partial charge in [-0.25, -0.2) is 14.1 Å². The largest absolute Gasteiger partial charge is 0.323 e. The molecule has 2 bridgehead atoms. The minimum atomic E-state index is -0.761. The number of pyridine rings is 1. The van der Waals surface area contributed by atoms with Crippen LogP contribution in [0.2, 0.25) is 10.2 Å². The molecule has 1 aromatic carbocycles. The average Bonchev–Trinajstić information content (AvgIpc) is 3.61. The van der Waals surface area contributed by atoms with Crippen molar-refractivity contribution >= 4 is 34.8 Å². The number of aromatic amines is 1. The molecule has 0 saturated carbocycles. The molecule has 2 N–H and O–H groups in total. The van der Waals surface area contributed by atoms with Crippen molar-refractivity contribution < 1.29 is 9.18 Å². The minimum absolute atomic E-state index is 0.0197. The van der Waals surface area contributed by atoms with Crippen LogP contribution in [-0.2, 0) is 4.79 Å². The number of nitrogens with one attached hydrogen (secondary N) is 2. The van der Waals surface area contributed by atoms with Crippen LogP contribution in [0.25, 0.3) is 28.2 Å². The van der Waals surface area contributed by atoms with Crippen molar-refractivity contribution in [3.05, 3.63) is 87.3 Å². The molecule has 1 aliphatic heterocycles. The number of hydrogen-bond donors (Lipinski definition) is 2. The van der Waals surface area contributed by atoms with Crippen LogP contribution >= 0.6 is 23.2 Å². The molecular weight excluding hydrogens is 572 g/mol. The number of anilines is 1. The Morgan fingerprint density at radius 2 is 1.95 bits per heavy atom. The van der Waals surface area contributed by atoms with Crippen LogP contribution in [0.1, 0.15) is 37.9 Å². The van der Waals surface area contributed by atoms with E-state index in [4.69, 9.17) is 23.2 Å². The van der Waals surface area contributed by atoms with E-state index >= 15 is 4.39 Å². The summed E-state index contributed by atoms with van der Waals surface area (Å²) in [5.41, 5.74) is 2.46. The zero-order chi connectivity index (χ0) is 28.7. The van der Waals surface area contributed by atoms with Gasteiger partial charge in [0.15, 0.2) is 11.0 Å². The number of nitrogens with zero attached hydrogens (tertiary/aromatic N) is 7. The number of aromatic nitrogens is 8. The standard InChI is InChI=1S/C27H22Cl2FN9O2/c1-14-3-2-4-20(17-9-15(7-8-31-17)26-19(11-33-36-26)34-27(14)41)38-13-32-18(10-23(38)40)24-21(6-5-16(28)25(24)30)39-12-22(29)35-37-39/h5-14,20H,2-4H2,1H3,(H,33,36)(H,34,41)/t14-,20+/m1/s1. The van der Waals surface area contributed by atoms with Gasteiger partial charge in [0.05, 0.1) is 63.8 Å². The second kappa shape index (κ2) is 10.9. The number of H-pyrrole nitrogens is 1. The van der Waals surface area contributed by atoms with Gasteiger partial charge in [-0.15, -0.1) is 5.10 Å². The van der Waals surface area contributed by atoms with E-state index in [-0.39, 0.29) is 38.9 Å². The molecule has 208 valence electrons. The molecule has 1 aliphatic rings. The Kier molecular flexibility index (Phi) is 7.10. The van der Waals surface area contributed by atoms with Crippen molar-refractivity contribution in [2.45, 2.75) is 32.2 Å². The summed E-state index contributed by atoms with van der Waals surface area (Å²) in [5, 5.41) is 17.6. The van der Waals surface area contributed by atoms with E-state index in [2.05, 4.69) is 35.8 Å². The molecule has 11 nitrogen and oxygen atoms in total. The topological polar surface area (TPSA) is 136 Å². The van der Waals surface area contributed by atoms with E-state index in [9.17, 15) is 9.59 Å². The minimum Gasteiger partial charge on any atom is -0.323 e. The van der Waals surface area contributed by atoms with Gasteiger partial charge in [-0.1, -0.05) is 41.8 Å². The number of fused-ring (bicyclic) bond motifs is 4. The summed E-state index contributed by atoms with van der Waals surface area (Å²) in [6.45, 7) is 1.86. The first kappa shape index (κ1) is 26.8. The molecule has 14 heteroatoms. The van der Waals surface area contributed by atoms with E-state index in [0.717, 1.165) is 5.56 Å². The maximum absolute atomic E-state index is 15.4. The zero-order valence-corrected chi connectivity index (χ0v) is 23.1. The van der Waals surface area contributed by atoms with Crippen molar-refractivity contribution in [3.8, 4) is 28.2 Å². The van der Waals surface area contributed by atoms with Crippen molar-refractivity contribution in [2.24, 2.45) is 5.92 Å². The predicted molar refractivity (Wildman–Crippen MR) is 150 cm³/mol. The molecule has 0 aliphatic carbocycles. The molecule has 5 heterocycles. The van der Waals surface area contributed by atoms with Crippen LogP contribution in [0.15, 0.2) is 60.0 Å². The molecule has 0 radical (unpaired) electrons. The Morgan fingerprint density at radius 1 is 1.10 bits per heavy atom. The third kappa shape index (κ3) is 5.11. The lowest BCUT2D eigenvalue weighted by molar-refractivity contribution is -0.119. The molecule has 0 fully saturated rings. The highest BCUT2D eigenvalue weighted by atomic mass is 35.5. The predicted octanol–water partition coefficient (Wildman–Crippen LogP) is 5.07. The molecule has 2 atom stereocenters. The lowest BCUT2D eigenvalue weighted by atomic mass is 9.97. The quantitative estimate of drug-likeness (QED) is 0.298. The van der Waals surface area contributed by atoms with Crippen LogP contribution in [-0.4, -0.2) is 45.6 Å². The Morgan fingerprint density at radius 3 is 2.73 bits per heavy atom. The molecule has 5 aromatic rings. The molecule has 4 aromatic heterocycles. The van der Waals surface area contributed by atoms with E-state index in [0.29, 0.717) is 36.3 Å². The lowest BCUT2D eigenvalue weighted by Gasteiger charge is -2.22. The van der Waals surface area contributed by atoms with Crippen LogP contribution < -0.4 is 10.9 Å². The zero-order valence-electron chi connectivity index (χ0n) is 21.6. The lowest BCUT2D eigenvalue weighted by Crippen LogP contribution is -2.27. The van der Waals surface area contributed by atoms with Gasteiger partial charge in [-0.2, -0.15) is 5.10 Å². The summed E-state index contributed by atoms with van der Waals surface area (Å²) >= 11 is 12.0. The maximum atomic E-state index is 15.4. The number of benzene rings is 1. The van der Waals surface area contributed by atoms with Gasteiger partial charge in [0, 0.05) is 23.7 Å². The third-order valence-corrected chi connectivity index (χ3v) is 7.55. The second-order valence-electron chi connectivity index (χ2n) is 9.73. The Hall–Kier alpha value is -4.42. The van der Waals surface area contributed by atoms with E-state index in [1.807, 2.05) is 13.0 Å². The summed E-state index contributed by atoms with van der Waals surface area (Å²) < 4.78 is 18.1. The third-order valence-electron chi connectivity index (χ3n) is 7.08. The van der Waals surface area contributed by atoms with Crippen LogP contribution in [0.4, 0.5) is 10.1 Å². The number of carbonyl (C=O) groups excluding carboxylic acids is 1. The van der Waals surface area contributed by atoms with Crippen molar-refractivity contribution in [2.75, 3.05) is 5.32 Å². The molecule has 0 unspecified atom stereocenters.